The average molecular weight is 450 g/mol. The number of benzene rings is 2. The number of aromatic nitrogens is 1. The largest absolute Gasteiger partial charge is 0.495 e. The lowest BCUT2D eigenvalue weighted by Gasteiger charge is -2.37. The van der Waals surface area contributed by atoms with Crippen LogP contribution < -0.4 is 14.5 Å². The second-order valence-corrected chi connectivity index (χ2v) is 8.39. The summed E-state index contributed by atoms with van der Waals surface area (Å²) >= 11 is 6.03. The van der Waals surface area contributed by atoms with Gasteiger partial charge in [0, 0.05) is 49.4 Å². The lowest BCUT2D eigenvalue weighted by atomic mass is 10.0. The third-order valence-electron chi connectivity index (χ3n) is 5.86. The van der Waals surface area contributed by atoms with Crippen LogP contribution in [0.25, 0.3) is 0 Å². The standard InChI is InChI=1S/C26H28ClN3O2/c1-32-25-11-3-2-9-23(25)29-14-16-30(17-15-29)26-13-12-21(19-28-26)24(31)10-5-7-20-6-4-8-22(27)18-20/h2-4,6,8-9,11-13,18-19H,5,7,10,14-17H2,1H3. The van der Waals surface area contributed by atoms with Crippen LogP contribution in [0.1, 0.15) is 28.8 Å². The molecule has 1 saturated heterocycles. The van der Waals surface area contributed by atoms with E-state index in [0.717, 1.165) is 66.9 Å². The van der Waals surface area contributed by atoms with Crippen LogP contribution >= 0.6 is 11.6 Å². The minimum absolute atomic E-state index is 0.132. The van der Waals surface area contributed by atoms with Crippen molar-refractivity contribution in [1.82, 2.24) is 4.98 Å². The van der Waals surface area contributed by atoms with Crippen molar-refractivity contribution in [3.8, 4) is 5.75 Å². The van der Waals surface area contributed by atoms with Crippen molar-refractivity contribution in [1.29, 1.82) is 0 Å². The predicted molar refractivity (Wildman–Crippen MR) is 130 cm³/mol. The monoisotopic (exact) mass is 449 g/mol. The van der Waals surface area contributed by atoms with Crippen LogP contribution in [0.5, 0.6) is 5.75 Å². The third kappa shape index (κ3) is 5.40. The minimum atomic E-state index is 0.132. The molecule has 0 saturated carbocycles. The second kappa shape index (κ2) is 10.5. The van der Waals surface area contributed by atoms with E-state index >= 15 is 0 Å². The number of carbonyl (C=O) groups is 1. The van der Waals surface area contributed by atoms with Crippen LogP contribution in [0.15, 0.2) is 66.9 Å². The van der Waals surface area contributed by atoms with Crippen molar-refractivity contribution in [3.05, 3.63) is 83.0 Å². The molecule has 6 heteroatoms. The van der Waals surface area contributed by atoms with Gasteiger partial charge in [0.25, 0.3) is 0 Å². The number of Topliss-reactive ketones (excluding diaryl/α,β-unsaturated/α-hetero) is 1. The molecule has 4 rings (SSSR count). The summed E-state index contributed by atoms with van der Waals surface area (Å²) in [4.78, 5) is 21.7. The maximum atomic E-state index is 12.6. The molecule has 0 unspecified atom stereocenters. The SMILES string of the molecule is COc1ccccc1N1CCN(c2ccc(C(=O)CCCc3cccc(Cl)c3)cn2)CC1. The van der Waals surface area contributed by atoms with Gasteiger partial charge in [-0.3, -0.25) is 4.79 Å². The van der Waals surface area contributed by atoms with Gasteiger partial charge in [-0.2, -0.15) is 0 Å². The Hall–Kier alpha value is -3.05. The molecule has 2 aromatic carbocycles. The van der Waals surface area contributed by atoms with Crippen molar-refractivity contribution in [3.63, 3.8) is 0 Å². The molecule has 5 nitrogen and oxygen atoms in total. The van der Waals surface area contributed by atoms with E-state index in [-0.39, 0.29) is 5.78 Å². The fourth-order valence-electron chi connectivity index (χ4n) is 4.10. The number of piperazine rings is 1. The highest BCUT2D eigenvalue weighted by atomic mass is 35.5. The quantitative estimate of drug-likeness (QED) is 0.438. The first-order valence-corrected chi connectivity index (χ1v) is 11.4. The summed E-state index contributed by atoms with van der Waals surface area (Å²) in [5.41, 5.74) is 2.96. The Bertz CT molecular complexity index is 1050. The number of anilines is 2. The summed E-state index contributed by atoms with van der Waals surface area (Å²) in [7, 11) is 1.71. The summed E-state index contributed by atoms with van der Waals surface area (Å²) in [5, 5.41) is 0.734. The summed E-state index contributed by atoms with van der Waals surface area (Å²) in [6.45, 7) is 3.54. The Morgan fingerprint density at radius 1 is 1.00 bits per heavy atom. The van der Waals surface area contributed by atoms with Crippen LogP contribution in [0, 0.1) is 0 Å². The molecule has 2 heterocycles. The fraction of sp³-hybridized carbons (Fsp3) is 0.308. The van der Waals surface area contributed by atoms with Gasteiger partial charge in [0.1, 0.15) is 11.6 Å². The van der Waals surface area contributed by atoms with E-state index in [1.54, 1.807) is 13.3 Å². The molecule has 0 spiro atoms. The van der Waals surface area contributed by atoms with E-state index in [0.29, 0.717) is 12.0 Å². The minimum Gasteiger partial charge on any atom is -0.495 e. The Labute approximate surface area is 194 Å². The number of para-hydroxylation sites is 2. The van der Waals surface area contributed by atoms with Crippen LogP contribution in [0.4, 0.5) is 11.5 Å². The van der Waals surface area contributed by atoms with Gasteiger partial charge in [-0.1, -0.05) is 35.9 Å². The lowest BCUT2D eigenvalue weighted by molar-refractivity contribution is 0.0980. The number of ketones is 1. The zero-order chi connectivity index (χ0) is 22.3. The summed E-state index contributed by atoms with van der Waals surface area (Å²) in [6.07, 6.45) is 3.86. The van der Waals surface area contributed by atoms with Crippen LogP contribution in [0.2, 0.25) is 5.02 Å². The number of nitrogens with zero attached hydrogens (tertiary/aromatic N) is 3. The maximum Gasteiger partial charge on any atom is 0.164 e. The number of hydrogen-bond acceptors (Lipinski definition) is 5. The number of hydrogen-bond donors (Lipinski definition) is 0. The number of halogens is 1. The van der Waals surface area contributed by atoms with Crippen LogP contribution in [-0.2, 0) is 6.42 Å². The molecule has 0 N–H and O–H groups in total. The zero-order valence-corrected chi connectivity index (χ0v) is 19.1. The third-order valence-corrected chi connectivity index (χ3v) is 6.09. The second-order valence-electron chi connectivity index (χ2n) is 7.96. The van der Waals surface area contributed by atoms with Gasteiger partial charge in [-0.05, 0) is 54.8 Å². The van der Waals surface area contributed by atoms with E-state index in [1.165, 1.54) is 0 Å². The van der Waals surface area contributed by atoms with Crippen molar-refractivity contribution in [2.45, 2.75) is 19.3 Å². The van der Waals surface area contributed by atoms with E-state index in [9.17, 15) is 4.79 Å². The van der Waals surface area contributed by atoms with Gasteiger partial charge in [0.15, 0.2) is 5.78 Å². The Morgan fingerprint density at radius 3 is 2.50 bits per heavy atom. The lowest BCUT2D eigenvalue weighted by Crippen LogP contribution is -2.46. The van der Waals surface area contributed by atoms with Crippen molar-refractivity contribution < 1.29 is 9.53 Å². The van der Waals surface area contributed by atoms with Crippen molar-refractivity contribution in [2.24, 2.45) is 0 Å². The first-order valence-electron chi connectivity index (χ1n) is 11.0. The highest BCUT2D eigenvalue weighted by molar-refractivity contribution is 6.30. The highest BCUT2D eigenvalue weighted by Crippen LogP contribution is 2.29. The predicted octanol–water partition coefficient (Wildman–Crippen LogP) is 5.28. The highest BCUT2D eigenvalue weighted by Gasteiger charge is 2.20. The Kier molecular flexibility index (Phi) is 7.28. The number of pyridine rings is 1. The maximum absolute atomic E-state index is 12.6. The molecular weight excluding hydrogens is 422 g/mol. The molecule has 1 aliphatic heterocycles. The molecule has 0 amide bonds. The molecule has 0 radical (unpaired) electrons. The smallest absolute Gasteiger partial charge is 0.164 e. The average Bonchev–Trinajstić information content (AvgIpc) is 2.84. The molecule has 0 atom stereocenters. The van der Waals surface area contributed by atoms with Gasteiger partial charge in [-0.25, -0.2) is 4.98 Å². The van der Waals surface area contributed by atoms with E-state index < -0.39 is 0 Å². The van der Waals surface area contributed by atoms with Gasteiger partial charge in [-0.15, -0.1) is 0 Å². The molecule has 1 fully saturated rings. The molecular formula is C26H28ClN3O2. The number of methoxy groups -OCH3 is 1. The number of aryl methyl sites for hydroxylation is 1. The number of carbonyl (C=O) groups excluding carboxylic acids is 1. The molecule has 0 bridgehead atoms. The van der Waals surface area contributed by atoms with Gasteiger partial charge >= 0.3 is 0 Å². The summed E-state index contributed by atoms with van der Waals surface area (Å²) < 4.78 is 5.50. The molecule has 1 aromatic heterocycles. The molecule has 32 heavy (non-hydrogen) atoms. The Balaban J connectivity index is 1.28. The molecule has 166 valence electrons. The van der Waals surface area contributed by atoms with Crippen LogP contribution in [-0.4, -0.2) is 44.1 Å². The van der Waals surface area contributed by atoms with Gasteiger partial charge in [0.2, 0.25) is 0 Å². The van der Waals surface area contributed by atoms with Crippen molar-refractivity contribution >= 4 is 28.9 Å². The molecule has 0 aliphatic carbocycles. The first-order chi connectivity index (χ1) is 15.6. The van der Waals surface area contributed by atoms with E-state index in [2.05, 4.69) is 20.9 Å². The van der Waals surface area contributed by atoms with Gasteiger partial charge in [0.05, 0.1) is 12.8 Å². The number of rotatable bonds is 8. The van der Waals surface area contributed by atoms with E-state index in [1.807, 2.05) is 54.6 Å². The van der Waals surface area contributed by atoms with Gasteiger partial charge < -0.3 is 14.5 Å². The first kappa shape index (κ1) is 22.2. The summed E-state index contributed by atoms with van der Waals surface area (Å²) in [6, 6.07) is 19.8. The number of ether oxygens (including phenoxy) is 1. The Morgan fingerprint density at radius 2 is 1.78 bits per heavy atom. The normalized spacial score (nSPS) is 13.8. The molecule has 3 aromatic rings. The fourth-order valence-corrected chi connectivity index (χ4v) is 4.31. The molecule has 1 aliphatic rings. The van der Waals surface area contributed by atoms with Crippen molar-refractivity contribution in [2.75, 3.05) is 43.1 Å². The van der Waals surface area contributed by atoms with Crippen LogP contribution in [0.3, 0.4) is 0 Å². The topological polar surface area (TPSA) is 45.7 Å². The zero-order valence-electron chi connectivity index (χ0n) is 18.3. The summed E-state index contributed by atoms with van der Waals surface area (Å²) in [5.74, 6) is 1.95. The van der Waals surface area contributed by atoms with E-state index in [4.69, 9.17) is 16.3 Å².